The van der Waals surface area contributed by atoms with Gasteiger partial charge in [-0.15, -0.1) is 11.3 Å². The van der Waals surface area contributed by atoms with Gasteiger partial charge in [-0.25, -0.2) is 13.2 Å². The summed E-state index contributed by atoms with van der Waals surface area (Å²) in [4.78, 5) is 11.4. The van der Waals surface area contributed by atoms with E-state index in [0.29, 0.717) is 0 Å². The van der Waals surface area contributed by atoms with Gasteiger partial charge >= 0.3 is 6.09 Å². The van der Waals surface area contributed by atoms with E-state index < -0.39 is 33.4 Å². The van der Waals surface area contributed by atoms with Crippen LogP contribution in [0.2, 0.25) is 0 Å². The van der Waals surface area contributed by atoms with Gasteiger partial charge in [-0.1, -0.05) is 6.07 Å². The summed E-state index contributed by atoms with van der Waals surface area (Å²) in [5, 5.41) is 13.7. The lowest BCUT2D eigenvalue weighted by molar-refractivity contribution is 0.0498. The summed E-state index contributed by atoms with van der Waals surface area (Å²) in [6.07, 6.45) is -1.88. The Kier molecular flexibility index (Phi) is 5.55. The van der Waals surface area contributed by atoms with Gasteiger partial charge in [0.1, 0.15) is 9.81 Å². The van der Waals surface area contributed by atoms with Crippen LogP contribution in [-0.2, 0) is 14.6 Å². The van der Waals surface area contributed by atoms with Gasteiger partial charge < -0.3 is 15.2 Å². The number of thiophene rings is 1. The molecular formula is C12H19NO5S2. The Morgan fingerprint density at radius 2 is 2.15 bits per heavy atom. The zero-order chi connectivity index (χ0) is 15.4. The average Bonchev–Trinajstić information content (AvgIpc) is 2.77. The van der Waals surface area contributed by atoms with E-state index in [1.54, 1.807) is 32.2 Å². The first-order valence-electron chi connectivity index (χ1n) is 6.01. The van der Waals surface area contributed by atoms with E-state index in [9.17, 15) is 18.3 Å². The molecule has 8 heteroatoms. The lowest BCUT2D eigenvalue weighted by atomic mass is 10.2. The Morgan fingerprint density at radius 3 is 2.65 bits per heavy atom. The molecule has 1 aromatic heterocycles. The zero-order valence-electron chi connectivity index (χ0n) is 11.6. The number of sulfone groups is 1. The van der Waals surface area contributed by atoms with Crippen molar-refractivity contribution in [3.63, 3.8) is 0 Å². The fourth-order valence-electron chi connectivity index (χ4n) is 1.35. The number of rotatable bonds is 5. The van der Waals surface area contributed by atoms with E-state index >= 15 is 0 Å². The molecule has 1 heterocycles. The molecule has 1 atom stereocenters. The molecule has 1 amide bonds. The Hall–Kier alpha value is -1.12. The minimum Gasteiger partial charge on any atom is -0.444 e. The fourth-order valence-corrected chi connectivity index (χ4v) is 3.83. The van der Waals surface area contributed by atoms with Crippen LogP contribution in [0.4, 0.5) is 4.79 Å². The molecule has 0 aliphatic rings. The summed E-state index contributed by atoms with van der Waals surface area (Å²) in [6, 6.07) is 3.11. The van der Waals surface area contributed by atoms with Crippen LogP contribution in [0.1, 0.15) is 20.8 Å². The molecule has 20 heavy (non-hydrogen) atoms. The fraction of sp³-hybridized carbons (Fsp3) is 0.583. The van der Waals surface area contributed by atoms with Crippen LogP contribution in [0, 0.1) is 0 Å². The molecule has 0 aliphatic carbocycles. The second-order valence-electron chi connectivity index (χ2n) is 5.25. The highest BCUT2D eigenvalue weighted by molar-refractivity contribution is 7.93. The van der Waals surface area contributed by atoms with Crippen LogP contribution in [0.5, 0.6) is 0 Å². The number of carbonyl (C=O) groups is 1. The number of nitrogens with one attached hydrogen (secondary N) is 1. The number of aliphatic hydroxyl groups excluding tert-OH is 1. The topological polar surface area (TPSA) is 92.7 Å². The van der Waals surface area contributed by atoms with Gasteiger partial charge in [0, 0.05) is 6.54 Å². The van der Waals surface area contributed by atoms with Gasteiger partial charge in [-0.05, 0) is 32.2 Å². The third kappa shape index (κ3) is 5.89. The van der Waals surface area contributed by atoms with E-state index in [1.165, 1.54) is 6.07 Å². The van der Waals surface area contributed by atoms with E-state index in [0.717, 1.165) is 11.3 Å². The molecular weight excluding hydrogens is 302 g/mol. The third-order valence-electron chi connectivity index (χ3n) is 2.09. The van der Waals surface area contributed by atoms with Crippen LogP contribution in [0.15, 0.2) is 21.7 Å². The van der Waals surface area contributed by atoms with Gasteiger partial charge in [0.2, 0.25) is 0 Å². The maximum atomic E-state index is 11.9. The second-order valence-corrected chi connectivity index (χ2v) is 8.46. The van der Waals surface area contributed by atoms with Crippen molar-refractivity contribution in [2.75, 3.05) is 12.3 Å². The summed E-state index contributed by atoms with van der Waals surface area (Å²) in [5.74, 6) is -0.441. The Balaban J connectivity index is 2.45. The maximum absolute atomic E-state index is 11.9. The molecule has 0 radical (unpaired) electrons. The monoisotopic (exact) mass is 321 g/mol. The molecule has 0 fully saturated rings. The van der Waals surface area contributed by atoms with Gasteiger partial charge in [-0.3, -0.25) is 0 Å². The molecule has 1 rings (SSSR count). The maximum Gasteiger partial charge on any atom is 0.407 e. The Morgan fingerprint density at radius 1 is 1.50 bits per heavy atom. The van der Waals surface area contributed by atoms with Crippen molar-refractivity contribution < 1.29 is 23.1 Å². The number of alkyl carbamates (subject to hydrolysis) is 1. The number of carbonyl (C=O) groups excluding carboxylic acids is 1. The number of ether oxygens (including phenoxy) is 1. The van der Waals surface area contributed by atoms with Crippen molar-refractivity contribution in [3.05, 3.63) is 17.5 Å². The predicted octanol–water partition coefficient (Wildman–Crippen LogP) is 1.41. The second kappa shape index (κ2) is 6.55. The number of amides is 1. The van der Waals surface area contributed by atoms with Crippen molar-refractivity contribution in [2.45, 2.75) is 36.7 Å². The van der Waals surface area contributed by atoms with Crippen LogP contribution in [-0.4, -0.2) is 43.6 Å². The first-order chi connectivity index (χ1) is 9.10. The standard InChI is InChI=1S/C12H19NO5S2/c1-12(2,3)18-11(15)13-7-9(14)8-20(16,17)10-5-4-6-19-10/h4-6,9,14H,7-8H2,1-3H3,(H,13,15). The zero-order valence-corrected chi connectivity index (χ0v) is 13.3. The van der Waals surface area contributed by atoms with Crippen LogP contribution in [0.3, 0.4) is 0 Å². The van der Waals surface area contributed by atoms with E-state index in [-0.39, 0.29) is 10.8 Å². The van der Waals surface area contributed by atoms with Gasteiger partial charge in [-0.2, -0.15) is 0 Å². The smallest absolute Gasteiger partial charge is 0.407 e. The lowest BCUT2D eigenvalue weighted by Crippen LogP contribution is -2.39. The molecule has 0 saturated carbocycles. The van der Waals surface area contributed by atoms with Gasteiger partial charge in [0.25, 0.3) is 0 Å². The molecule has 114 valence electrons. The summed E-state index contributed by atoms with van der Waals surface area (Å²) in [6.45, 7) is 4.96. The summed E-state index contributed by atoms with van der Waals surface area (Å²) >= 11 is 1.09. The third-order valence-corrected chi connectivity index (χ3v) is 5.38. The molecule has 1 aromatic rings. The van der Waals surface area contributed by atoms with Crippen molar-refractivity contribution in [3.8, 4) is 0 Å². The van der Waals surface area contributed by atoms with Crippen LogP contribution >= 0.6 is 11.3 Å². The first-order valence-corrected chi connectivity index (χ1v) is 8.54. The summed E-state index contributed by atoms with van der Waals surface area (Å²) in [7, 11) is -3.52. The van der Waals surface area contributed by atoms with E-state index in [1.807, 2.05) is 0 Å². The quantitative estimate of drug-likeness (QED) is 0.855. The number of hydrogen-bond donors (Lipinski definition) is 2. The highest BCUT2D eigenvalue weighted by atomic mass is 32.2. The van der Waals surface area contributed by atoms with Crippen molar-refractivity contribution >= 4 is 27.3 Å². The van der Waals surface area contributed by atoms with Crippen molar-refractivity contribution in [1.29, 1.82) is 0 Å². The molecule has 0 spiro atoms. The van der Waals surface area contributed by atoms with E-state index in [2.05, 4.69) is 5.32 Å². The molecule has 0 aromatic carbocycles. The van der Waals surface area contributed by atoms with Crippen molar-refractivity contribution in [2.24, 2.45) is 0 Å². The summed E-state index contributed by atoms with van der Waals surface area (Å²) in [5.41, 5.74) is -0.641. The normalized spacial score (nSPS) is 13.8. The van der Waals surface area contributed by atoms with Crippen LogP contribution < -0.4 is 5.32 Å². The highest BCUT2D eigenvalue weighted by Crippen LogP contribution is 2.18. The number of aliphatic hydroxyl groups is 1. The molecule has 0 aliphatic heterocycles. The minimum absolute atomic E-state index is 0.181. The predicted molar refractivity (Wildman–Crippen MR) is 76.6 cm³/mol. The molecule has 1 unspecified atom stereocenters. The largest absolute Gasteiger partial charge is 0.444 e. The molecule has 0 saturated heterocycles. The number of hydrogen-bond acceptors (Lipinski definition) is 6. The lowest BCUT2D eigenvalue weighted by Gasteiger charge is -2.20. The van der Waals surface area contributed by atoms with Crippen molar-refractivity contribution in [1.82, 2.24) is 5.32 Å². The summed E-state index contributed by atoms with van der Waals surface area (Å²) < 4.78 is 29.0. The minimum atomic E-state index is -3.52. The Bertz CT molecular complexity index is 531. The first kappa shape index (κ1) is 16.9. The molecule has 6 nitrogen and oxygen atoms in total. The SMILES string of the molecule is CC(C)(C)OC(=O)NCC(O)CS(=O)(=O)c1cccs1. The van der Waals surface area contributed by atoms with Gasteiger partial charge in [0.05, 0.1) is 11.9 Å². The Labute approximate surface area is 122 Å². The average molecular weight is 321 g/mol. The molecule has 2 N–H and O–H groups in total. The van der Waals surface area contributed by atoms with Crippen LogP contribution in [0.25, 0.3) is 0 Å². The van der Waals surface area contributed by atoms with Gasteiger partial charge in [0.15, 0.2) is 9.84 Å². The molecule has 0 bridgehead atoms. The highest BCUT2D eigenvalue weighted by Gasteiger charge is 2.22. The van der Waals surface area contributed by atoms with E-state index in [4.69, 9.17) is 4.74 Å².